The molecule has 0 radical (unpaired) electrons. The summed E-state index contributed by atoms with van der Waals surface area (Å²) in [4.78, 5) is 0. The highest BCUT2D eigenvalue weighted by Gasteiger charge is 2.84. The van der Waals surface area contributed by atoms with Crippen LogP contribution in [0.25, 0.3) is 0 Å². The Kier molecular flexibility index (Phi) is 6.90. The average Bonchev–Trinajstić information content (AvgIpc) is 2.56. The molecular formula is C14H12F16O2. The molecule has 18 heteroatoms. The Morgan fingerprint density at radius 1 is 0.438 bits per heavy atom. The maximum Gasteiger partial charge on any atom is 0.456 e. The van der Waals surface area contributed by atoms with Gasteiger partial charge in [-0.1, -0.05) is 6.42 Å². The van der Waals surface area contributed by atoms with Gasteiger partial charge in [0.2, 0.25) is 11.2 Å². The van der Waals surface area contributed by atoms with E-state index in [4.69, 9.17) is 0 Å². The summed E-state index contributed by atoms with van der Waals surface area (Å²) in [6.45, 7) is 0. The van der Waals surface area contributed by atoms with Crippen LogP contribution < -0.4 is 0 Å². The first kappa shape index (κ1) is 28.8. The van der Waals surface area contributed by atoms with Gasteiger partial charge in [-0.3, -0.25) is 0 Å². The molecule has 1 saturated carbocycles. The van der Waals surface area contributed by atoms with Crippen molar-refractivity contribution < 1.29 is 80.5 Å². The van der Waals surface area contributed by atoms with Crippen molar-refractivity contribution >= 4 is 0 Å². The van der Waals surface area contributed by atoms with Gasteiger partial charge in [-0.25, -0.2) is 0 Å². The number of hydrogen-bond donors (Lipinski definition) is 2. The number of aliphatic hydroxyl groups is 2. The highest BCUT2D eigenvalue weighted by Crippen LogP contribution is 2.61. The van der Waals surface area contributed by atoms with Crippen LogP contribution >= 0.6 is 0 Å². The molecule has 32 heavy (non-hydrogen) atoms. The van der Waals surface area contributed by atoms with E-state index in [1.165, 1.54) is 0 Å². The summed E-state index contributed by atoms with van der Waals surface area (Å²) in [5, 5.41) is 18.8. The fraction of sp³-hybridized carbons (Fsp3) is 1.00. The van der Waals surface area contributed by atoms with E-state index in [0.29, 0.717) is 0 Å². The van der Waals surface area contributed by atoms with Crippen LogP contribution in [0, 0.1) is 11.8 Å². The highest BCUT2D eigenvalue weighted by atomic mass is 19.4. The Bertz CT molecular complexity index is 618. The molecule has 0 aromatic rings. The normalized spacial score (nSPS) is 26.4. The second kappa shape index (κ2) is 7.66. The minimum Gasteiger partial charge on any atom is -0.375 e. The second-order valence-corrected chi connectivity index (χ2v) is 7.23. The highest BCUT2D eigenvalue weighted by molar-refractivity contribution is 5.12. The lowest BCUT2D eigenvalue weighted by Crippen LogP contribution is -2.71. The molecule has 2 nitrogen and oxygen atoms in total. The van der Waals surface area contributed by atoms with Gasteiger partial charge >= 0.3 is 36.6 Å². The second-order valence-electron chi connectivity index (χ2n) is 7.23. The molecule has 1 aliphatic carbocycles. The molecule has 0 aromatic heterocycles. The van der Waals surface area contributed by atoms with Gasteiger partial charge < -0.3 is 10.2 Å². The first-order valence-electron chi connectivity index (χ1n) is 8.18. The third-order valence-corrected chi connectivity index (χ3v) is 5.39. The van der Waals surface area contributed by atoms with Crippen LogP contribution in [-0.4, -0.2) is 58.0 Å². The molecule has 0 aromatic carbocycles. The molecule has 1 aliphatic rings. The lowest BCUT2D eigenvalue weighted by molar-refractivity contribution is -0.429. The van der Waals surface area contributed by atoms with Crippen LogP contribution in [0.4, 0.5) is 70.2 Å². The first-order valence-corrected chi connectivity index (χ1v) is 8.18. The van der Waals surface area contributed by atoms with Crippen molar-refractivity contribution in [3.8, 4) is 0 Å². The average molecular weight is 516 g/mol. The van der Waals surface area contributed by atoms with Crippen LogP contribution in [0.3, 0.4) is 0 Å². The maximum atomic E-state index is 13.6. The molecule has 0 aliphatic heterocycles. The zero-order valence-corrected chi connectivity index (χ0v) is 14.9. The maximum absolute atomic E-state index is 13.6. The van der Waals surface area contributed by atoms with Gasteiger partial charge in [-0.15, -0.1) is 0 Å². The number of rotatable bonds is 4. The van der Waals surface area contributed by atoms with Gasteiger partial charge in [-0.05, 0) is 19.3 Å². The number of halogens is 16. The molecule has 1 fully saturated rings. The van der Waals surface area contributed by atoms with Gasteiger partial charge in [0, 0.05) is 11.8 Å². The molecule has 0 saturated heterocycles. The SMILES string of the molecule is OC(C1CCCC(C(O)(C(F)(F)F)C(F)(F)C(F)(F)F)C1)(C(F)(F)F)C(F)(F)C(F)(F)F. The number of alkyl halides is 16. The quantitative estimate of drug-likeness (QED) is 0.466. The number of hydrogen-bond acceptors (Lipinski definition) is 2. The minimum atomic E-state index is -7.15. The summed E-state index contributed by atoms with van der Waals surface area (Å²) in [5.41, 5.74) is -12.4. The van der Waals surface area contributed by atoms with Gasteiger partial charge in [0.15, 0.2) is 0 Å². The van der Waals surface area contributed by atoms with Crippen LogP contribution in [0.15, 0.2) is 0 Å². The molecule has 192 valence electrons. The fourth-order valence-corrected chi connectivity index (χ4v) is 3.71. The molecule has 4 atom stereocenters. The van der Waals surface area contributed by atoms with E-state index in [-0.39, 0.29) is 0 Å². The fourth-order valence-electron chi connectivity index (χ4n) is 3.71. The summed E-state index contributed by atoms with van der Waals surface area (Å²) in [7, 11) is 0. The van der Waals surface area contributed by atoms with Gasteiger partial charge in [-0.2, -0.15) is 70.2 Å². The molecule has 0 amide bonds. The summed E-state index contributed by atoms with van der Waals surface area (Å²) in [6.07, 6.45) is -35.2. The van der Waals surface area contributed by atoms with E-state index in [1.807, 2.05) is 0 Å². The predicted molar refractivity (Wildman–Crippen MR) is 69.5 cm³/mol. The first-order chi connectivity index (χ1) is 13.7. The van der Waals surface area contributed by atoms with Gasteiger partial charge in [0.1, 0.15) is 0 Å². The Labute approximate surface area is 167 Å². The van der Waals surface area contributed by atoms with E-state index >= 15 is 0 Å². The van der Waals surface area contributed by atoms with Crippen molar-refractivity contribution in [3.05, 3.63) is 0 Å². The zero-order chi connectivity index (χ0) is 26.0. The summed E-state index contributed by atoms with van der Waals surface area (Å²) < 4.78 is 209. The largest absolute Gasteiger partial charge is 0.456 e. The summed E-state index contributed by atoms with van der Waals surface area (Å²) in [6, 6.07) is 0. The van der Waals surface area contributed by atoms with Crippen LogP contribution in [0.1, 0.15) is 25.7 Å². The topological polar surface area (TPSA) is 40.5 Å². The lowest BCUT2D eigenvalue weighted by Gasteiger charge is -2.49. The predicted octanol–water partition coefficient (Wildman–Crippen LogP) is 5.77. The third kappa shape index (κ3) is 3.98. The molecule has 1 rings (SSSR count). The Morgan fingerprint density at radius 2 is 0.688 bits per heavy atom. The van der Waals surface area contributed by atoms with Gasteiger partial charge in [0.05, 0.1) is 0 Å². The minimum absolute atomic E-state index is 1.34. The molecule has 0 bridgehead atoms. The van der Waals surface area contributed by atoms with E-state index in [9.17, 15) is 80.5 Å². The molecule has 2 N–H and O–H groups in total. The Balaban J connectivity index is 3.68. The van der Waals surface area contributed by atoms with Crippen molar-refractivity contribution in [1.29, 1.82) is 0 Å². The summed E-state index contributed by atoms with van der Waals surface area (Å²) >= 11 is 0. The van der Waals surface area contributed by atoms with Crippen molar-refractivity contribution in [2.45, 2.75) is 73.4 Å². The van der Waals surface area contributed by atoms with Gasteiger partial charge in [0.25, 0.3) is 0 Å². The van der Waals surface area contributed by atoms with Crippen LogP contribution in [0.5, 0.6) is 0 Å². The smallest absolute Gasteiger partial charge is 0.375 e. The molecule has 0 heterocycles. The Morgan fingerprint density at radius 3 is 0.875 bits per heavy atom. The van der Waals surface area contributed by atoms with E-state index in [1.54, 1.807) is 0 Å². The van der Waals surface area contributed by atoms with E-state index in [0.717, 1.165) is 0 Å². The third-order valence-electron chi connectivity index (χ3n) is 5.39. The zero-order valence-electron chi connectivity index (χ0n) is 14.9. The molecular weight excluding hydrogens is 504 g/mol. The van der Waals surface area contributed by atoms with Crippen molar-refractivity contribution in [1.82, 2.24) is 0 Å². The molecule has 0 spiro atoms. The molecule has 4 unspecified atom stereocenters. The summed E-state index contributed by atoms with van der Waals surface area (Å²) in [5.74, 6) is -21.5. The standard InChI is InChI=1S/C14H12F16O2/c15-9(16,13(25,26)27)7(31,11(19,20)21)5-2-1-3-6(4-5)8(32,12(22,23)24)10(17,18)14(28,29)30/h5-6,31-32H,1-4H2. The van der Waals surface area contributed by atoms with Crippen molar-refractivity contribution in [3.63, 3.8) is 0 Å². The Hall–Kier alpha value is -1.20. The van der Waals surface area contributed by atoms with Crippen LogP contribution in [-0.2, 0) is 0 Å². The lowest BCUT2D eigenvalue weighted by atomic mass is 9.64. The monoisotopic (exact) mass is 516 g/mol. The van der Waals surface area contributed by atoms with E-state index < -0.39 is 85.3 Å². The van der Waals surface area contributed by atoms with Crippen LogP contribution in [0.2, 0.25) is 0 Å². The van der Waals surface area contributed by atoms with E-state index in [2.05, 4.69) is 0 Å². The van der Waals surface area contributed by atoms with Crippen molar-refractivity contribution in [2.24, 2.45) is 11.8 Å². The van der Waals surface area contributed by atoms with Crippen molar-refractivity contribution in [2.75, 3.05) is 0 Å².